The highest BCUT2D eigenvalue weighted by Crippen LogP contribution is 2.19. The Balaban J connectivity index is 1.65. The van der Waals surface area contributed by atoms with Crippen LogP contribution < -0.4 is 5.32 Å². The minimum Gasteiger partial charge on any atom is -0.467 e. The summed E-state index contributed by atoms with van der Waals surface area (Å²) in [6.45, 7) is 5.69. The average Bonchev–Trinajstić information content (AvgIpc) is 3.14. The van der Waals surface area contributed by atoms with Crippen molar-refractivity contribution in [2.45, 2.75) is 32.0 Å². The number of rotatable bonds is 5. The molecule has 0 fully saturated rings. The number of hydrogen-bond donors (Lipinski definition) is 1. The molecule has 1 atom stereocenters. The van der Waals surface area contributed by atoms with E-state index in [0.29, 0.717) is 5.16 Å². The van der Waals surface area contributed by atoms with Gasteiger partial charge in [-0.3, -0.25) is 9.20 Å². The lowest BCUT2D eigenvalue weighted by Crippen LogP contribution is -2.28. The summed E-state index contributed by atoms with van der Waals surface area (Å²) < 4.78 is 7.12. The Morgan fingerprint density at radius 3 is 3.00 bits per heavy atom. The molecule has 1 unspecified atom stereocenters. The number of fused-ring (bicyclic) bond motifs is 1. The van der Waals surface area contributed by atoms with Crippen LogP contribution in [0.5, 0.6) is 0 Å². The Bertz CT molecular complexity index is 828. The van der Waals surface area contributed by atoms with Gasteiger partial charge in [0.1, 0.15) is 11.6 Å². The summed E-state index contributed by atoms with van der Waals surface area (Å²) in [4.78, 5) is 16.5. The van der Waals surface area contributed by atoms with Crippen molar-refractivity contribution in [1.29, 1.82) is 0 Å². The molecular formula is C15H17N5O2S. The van der Waals surface area contributed by atoms with Crippen molar-refractivity contribution in [2.75, 3.05) is 5.75 Å². The first-order valence-electron chi connectivity index (χ1n) is 7.19. The maximum atomic E-state index is 12.1. The van der Waals surface area contributed by atoms with Gasteiger partial charge in [-0.1, -0.05) is 11.8 Å². The van der Waals surface area contributed by atoms with Crippen LogP contribution in [0.25, 0.3) is 5.65 Å². The zero-order valence-electron chi connectivity index (χ0n) is 13.1. The molecule has 23 heavy (non-hydrogen) atoms. The lowest BCUT2D eigenvalue weighted by Gasteiger charge is -2.10. The topological polar surface area (TPSA) is 85.3 Å². The number of hydrogen-bond acceptors (Lipinski definition) is 6. The molecule has 1 amide bonds. The second-order valence-electron chi connectivity index (χ2n) is 5.21. The number of carbonyl (C=O) groups excluding carboxylic acids is 1. The number of nitrogens with zero attached hydrogens (tertiary/aromatic N) is 4. The first kappa shape index (κ1) is 15.5. The van der Waals surface area contributed by atoms with Crippen molar-refractivity contribution in [1.82, 2.24) is 24.9 Å². The Hall–Kier alpha value is -2.35. The van der Waals surface area contributed by atoms with Crippen LogP contribution >= 0.6 is 11.8 Å². The molecule has 0 saturated heterocycles. The van der Waals surface area contributed by atoms with E-state index in [1.165, 1.54) is 11.8 Å². The van der Waals surface area contributed by atoms with E-state index in [1.54, 1.807) is 12.3 Å². The predicted octanol–water partition coefficient (Wildman–Crippen LogP) is 2.30. The molecule has 8 heteroatoms. The minimum absolute atomic E-state index is 0.0895. The van der Waals surface area contributed by atoms with Crippen LogP contribution in [0.15, 0.2) is 34.0 Å². The van der Waals surface area contributed by atoms with E-state index < -0.39 is 0 Å². The van der Waals surface area contributed by atoms with Gasteiger partial charge in [0.2, 0.25) is 5.91 Å². The molecule has 0 aliphatic rings. The maximum absolute atomic E-state index is 12.1. The summed E-state index contributed by atoms with van der Waals surface area (Å²) in [6.07, 6.45) is 1.59. The Kier molecular flexibility index (Phi) is 4.33. The summed E-state index contributed by atoms with van der Waals surface area (Å²) >= 11 is 1.33. The summed E-state index contributed by atoms with van der Waals surface area (Å²) in [5.41, 5.74) is 1.63. The largest absolute Gasteiger partial charge is 0.467 e. The fourth-order valence-corrected chi connectivity index (χ4v) is 3.12. The van der Waals surface area contributed by atoms with Crippen LogP contribution in [0, 0.1) is 13.8 Å². The highest BCUT2D eigenvalue weighted by Gasteiger charge is 2.15. The van der Waals surface area contributed by atoms with Gasteiger partial charge in [-0.15, -0.1) is 10.2 Å². The van der Waals surface area contributed by atoms with E-state index in [-0.39, 0.29) is 17.7 Å². The predicted molar refractivity (Wildman–Crippen MR) is 86.2 cm³/mol. The molecule has 3 aromatic heterocycles. The van der Waals surface area contributed by atoms with Crippen LogP contribution in [-0.2, 0) is 4.79 Å². The third kappa shape index (κ3) is 3.37. The first-order chi connectivity index (χ1) is 11.0. The Morgan fingerprint density at radius 2 is 2.26 bits per heavy atom. The van der Waals surface area contributed by atoms with Crippen molar-refractivity contribution in [3.8, 4) is 0 Å². The van der Waals surface area contributed by atoms with Gasteiger partial charge in [0.05, 0.1) is 18.1 Å². The van der Waals surface area contributed by atoms with Gasteiger partial charge in [-0.25, -0.2) is 4.98 Å². The van der Waals surface area contributed by atoms with Gasteiger partial charge < -0.3 is 9.73 Å². The quantitative estimate of drug-likeness (QED) is 0.722. The number of thioether (sulfide) groups is 1. The van der Waals surface area contributed by atoms with Crippen molar-refractivity contribution in [2.24, 2.45) is 0 Å². The Morgan fingerprint density at radius 1 is 1.43 bits per heavy atom. The molecule has 0 aliphatic carbocycles. The standard InChI is InChI=1S/C15H17N5O2S/c1-9-7-13-18-19-15(20(13)11(3)16-9)23-8-14(21)17-10(2)12-5-4-6-22-12/h4-7,10H,8H2,1-3H3,(H,17,21). The smallest absolute Gasteiger partial charge is 0.231 e. The Labute approximate surface area is 137 Å². The van der Waals surface area contributed by atoms with Gasteiger partial charge in [-0.2, -0.15) is 0 Å². The number of furan rings is 1. The zero-order chi connectivity index (χ0) is 16.4. The molecule has 3 aromatic rings. The number of aromatic nitrogens is 4. The third-order valence-corrected chi connectivity index (χ3v) is 4.27. The van der Waals surface area contributed by atoms with Gasteiger partial charge in [0.15, 0.2) is 10.8 Å². The molecule has 1 N–H and O–H groups in total. The molecule has 3 rings (SSSR count). The molecule has 0 radical (unpaired) electrons. The van der Waals surface area contributed by atoms with Gasteiger partial charge >= 0.3 is 0 Å². The minimum atomic E-state index is -0.167. The van der Waals surface area contributed by atoms with E-state index in [0.717, 1.165) is 22.9 Å². The molecule has 120 valence electrons. The molecular weight excluding hydrogens is 314 g/mol. The van der Waals surface area contributed by atoms with Crippen molar-refractivity contribution in [3.63, 3.8) is 0 Å². The van der Waals surface area contributed by atoms with E-state index in [1.807, 2.05) is 37.3 Å². The van der Waals surface area contributed by atoms with Crippen molar-refractivity contribution < 1.29 is 9.21 Å². The molecule has 7 nitrogen and oxygen atoms in total. The fourth-order valence-electron chi connectivity index (χ4n) is 2.32. The molecule has 0 saturated carbocycles. The van der Waals surface area contributed by atoms with E-state index >= 15 is 0 Å². The number of amides is 1. The number of carbonyl (C=O) groups is 1. The number of nitrogens with one attached hydrogen (secondary N) is 1. The van der Waals surface area contributed by atoms with Crippen LogP contribution in [0.2, 0.25) is 0 Å². The van der Waals surface area contributed by atoms with Crippen LogP contribution in [-0.4, -0.2) is 31.2 Å². The highest BCUT2D eigenvalue weighted by atomic mass is 32.2. The molecule has 0 aromatic carbocycles. The summed E-state index contributed by atoms with van der Waals surface area (Å²) in [5, 5.41) is 11.8. The second kappa shape index (κ2) is 6.41. The summed E-state index contributed by atoms with van der Waals surface area (Å²) in [6, 6.07) is 5.33. The SMILES string of the molecule is Cc1cc2nnc(SCC(=O)NC(C)c3ccco3)n2c(C)n1. The van der Waals surface area contributed by atoms with Crippen molar-refractivity contribution >= 4 is 23.3 Å². The van der Waals surface area contributed by atoms with E-state index in [9.17, 15) is 4.79 Å². The van der Waals surface area contributed by atoms with Gasteiger partial charge in [0, 0.05) is 11.8 Å². The van der Waals surface area contributed by atoms with E-state index in [2.05, 4.69) is 20.5 Å². The fraction of sp³-hybridized carbons (Fsp3) is 0.333. The van der Waals surface area contributed by atoms with Crippen LogP contribution in [0.4, 0.5) is 0 Å². The third-order valence-electron chi connectivity index (χ3n) is 3.34. The summed E-state index contributed by atoms with van der Waals surface area (Å²) in [7, 11) is 0. The first-order valence-corrected chi connectivity index (χ1v) is 8.18. The van der Waals surface area contributed by atoms with Crippen molar-refractivity contribution in [3.05, 3.63) is 41.7 Å². The normalized spacial score (nSPS) is 12.5. The van der Waals surface area contributed by atoms with Gasteiger partial charge in [-0.05, 0) is 32.9 Å². The molecule has 0 spiro atoms. The number of aryl methyl sites for hydroxylation is 2. The monoisotopic (exact) mass is 331 g/mol. The highest BCUT2D eigenvalue weighted by molar-refractivity contribution is 7.99. The maximum Gasteiger partial charge on any atom is 0.231 e. The lowest BCUT2D eigenvalue weighted by atomic mass is 10.2. The average molecular weight is 331 g/mol. The van der Waals surface area contributed by atoms with Gasteiger partial charge in [0.25, 0.3) is 0 Å². The molecule has 0 bridgehead atoms. The van der Waals surface area contributed by atoms with Crippen LogP contribution in [0.1, 0.15) is 30.2 Å². The summed E-state index contributed by atoms with van der Waals surface area (Å²) in [5.74, 6) is 1.69. The second-order valence-corrected chi connectivity index (χ2v) is 6.16. The van der Waals surface area contributed by atoms with Crippen LogP contribution in [0.3, 0.4) is 0 Å². The molecule has 0 aliphatic heterocycles. The zero-order valence-corrected chi connectivity index (χ0v) is 13.9. The van der Waals surface area contributed by atoms with E-state index in [4.69, 9.17) is 4.42 Å². The lowest BCUT2D eigenvalue weighted by molar-refractivity contribution is -0.119. The molecule has 3 heterocycles.